The first-order valence-electron chi connectivity index (χ1n) is 11.0. The lowest BCUT2D eigenvalue weighted by atomic mass is 9.95. The molecule has 1 aliphatic rings. The van der Waals surface area contributed by atoms with Gasteiger partial charge in [-0.05, 0) is 50.1 Å². The Bertz CT molecular complexity index is 1470. The molecule has 0 saturated heterocycles. The maximum atomic E-state index is 13.7. The van der Waals surface area contributed by atoms with E-state index >= 15 is 0 Å². The van der Waals surface area contributed by atoms with Crippen molar-refractivity contribution in [1.82, 2.24) is 4.57 Å². The number of fused-ring (bicyclic) bond motifs is 1. The molecule has 9 heteroatoms. The Morgan fingerprint density at radius 3 is 2.34 bits per heavy atom. The summed E-state index contributed by atoms with van der Waals surface area (Å²) >= 11 is 1.22. The highest BCUT2D eigenvalue weighted by atomic mass is 32.1. The maximum absolute atomic E-state index is 13.7. The molecule has 1 aromatic heterocycles. The SMILES string of the molecule is CCOC(=O)C1=C(C)N=c2s/c(=C/c3cc(OC)c(O)c(OC)c3)c(=O)n2[C@@H]1c1ccc(C)cc1. The number of carbonyl (C=O) groups excluding carboxylic acids is 1. The number of phenolic OH excluding ortho intramolecular Hbond substituents is 1. The van der Waals surface area contributed by atoms with E-state index in [0.717, 1.165) is 11.1 Å². The Kier molecular flexibility index (Phi) is 6.79. The summed E-state index contributed by atoms with van der Waals surface area (Å²) in [6.45, 7) is 5.68. The number of ether oxygens (including phenoxy) is 3. The molecular weight excluding hydrogens is 468 g/mol. The number of aryl methyl sites for hydroxylation is 1. The third-order valence-electron chi connectivity index (χ3n) is 5.71. The lowest BCUT2D eigenvalue weighted by Crippen LogP contribution is -2.39. The van der Waals surface area contributed by atoms with E-state index in [4.69, 9.17) is 14.2 Å². The Labute approximate surface area is 206 Å². The lowest BCUT2D eigenvalue weighted by Gasteiger charge is -2.24. The van der Waals surface area contributed by atoms with Crippen LogP contribution in [0.2, 0.25) is 0 Å². The van der Waals surface area contributed by atoms with Crippen molar-refractivity contribution in [3.8, 4) is 17.2 Å². The summed E-state index contributed by atoms with van der Waals surface area (Å²) in [5, 5.41) is 10.2. The fourth-order valence-corrected chi connectivity index (χ4v) is 5.05. The van der Waals surface area contributed by atoms with Crippen LogP contribution in [0.5, 0.6) is 17.2 Å². The van der Waals surface area contributed by atoms with Gasteiger partial charge in [-0.1, -0.05) is 41.2 Å². The minimum Gasteiger partial charge on any atom is -0.502 e. The molecule has 1 aliphatic heterocycles. The van der Waals surface area contributed by atoms with Gasteiger partial charge in [0.15, 0.2) is 16.3 Å². The van der Waals surface area contributed by atoms with Gasteiger partial charge in [-0.15, -0.1) is 0 Å². The fourth-order valence-electron chi connectivity index (χ4n) is 4.00. The molecule has 8 nitrogen and oxygen atoms in total. The molecule has 0 radical (unpaired) electrons. The van der Waals surface area contributed by atoms with Crippen molar-refractivity contribution >= 4 is 23.4 Å². The van der Waals surface area contributed by atoms with E-state index in [1.165, 1.54) is 30.1 Å². The van der Waals surface area contributed by atoms with E-state index in [0.29, 0.717) is 26.2 Å². The first-order valence-corrected chi connectivity index (χ1v) is 11.8. The number of methoxy groups -OCH3 is 2. The zero-order valence-electron chi connectivity index (χ0n) is 20.1. The number of aromatic hydroxyl groups is 1. The average Bonchev–Trinajstić information content (AvgIpc) is 3.14. The molecule has 1 N–H and O–H groups in total. The van der Waals surface area contributed by atoms with Crippen LogP contribution in [0, 0.1) is 6.92 Å². The molecule has 2 aromatic carbocycles. The van der Waals surface area contributed by atoms with Crippen LogP contribution < -0.4 is 24.4 Å². The zero-order valence-corrected chi connectivity index (χ0v) is 20.9. The van der Waals surface area contributed by atoms with Crippen molar-refractivity contribution in [2.24, 2.45) is 4.99 Å². The lowest BCUT2D eigenvalue weighted by molar-refractivity contribution is -0.139. The van der Waals surface area contributed by atoms with Gasteiger partial charge in [0, 0.05) is 0 Å². The number of hydrogen-bond acceptors (Lipinski definition) is 8. The highest BCUT2D eigenvalue weighted by Gasteiger charge is 2.33. The van der Waals surface area contributed by atoms with Gasteiger partial charge < -0.3 is 19.3 Å². The van der Waals surface area contributed by atoms with Gasteiger partial charge in [-0.25, -0.2) is 9.79 Å². The summed E-state index contributed by atoms with van der Waals surface area (Å²) in [6, 6.07) is 10.3. The number of rotatable bonds is 6. The minimum absolute atomic E-state index is 0.123. The number of allylic oxidation sites excluding steroid dienone is 1. The molecule has 0 fully saturated rings. The van der Waals surface area contributed by atoms with Gasteiger partial charge in [-0.3, -0.25) is 9.36 Å². The molecule has 182 valence electrons. The Balaban J connectivity index is 1.95. The predicted octanol–water partition coefficient (Wildman–Crippen LogP) is 2.83. The third kappa shape index (κ3) is 4.46. The molecule has 3 aromatic rings. The molecule has 0 spiro atoms. The first-order chi connectivity index (χ1) is 16.8. The molecule has 0 unspecified atom stereocenters. The van der Waals surface area contributed by atoms with Gasteiger partial charge in [-0.2, -0.15) is 0 Å². The van der Waals surface area contributed by atoms with E-state index in [1.54, 1.807) is 32.1 Å². The number of hydrogen-bond donors (Lipinski definition) is 1. The van der Waals surface area contributed by atoms with Crippen LogP contribution in [0.15, 0.2) is 57.5 Å². The van der Waals surface area contributed by atoms with Crippen LogP contribution in [0.25, 0.3) is 6.08 Å². The Morgan fingerprint density at radius 1 is 1.14 bits per heavy atom. The molecule has 0 amide bonds. The monoisotopic (exact) mass is 494 g/mol. The molecule has 1 atom stereocenters. The second kappa shape index (κ2) is 9.79. The van der Waals surface area contributed by atoms with Crippen molar-refractivity contribution < 1.29 is 24.1 Å². The summed E-state index contributed by atoms with van der Waals surface area (Å²) in [5.74, 6) is -0.174. The molecule has 0 bridgehead atoms. The number of nitrogens with zero attached hydrogens (tertiary/aromatic N) is 2. The van der Waals surface area contributed by atoms with E-state index in [1.807, 2.05) is 31.2 Å². The van der Waals surface area contributed by atoms with Crippen molar-refractivity contribution in [1.29, 1.82) is 0 Å². The normalized spacial score (nSPS) is 15.5. The molecule has 0 saturated carbocycles. The van der Waals surface area contributed by atoms with Gasteiger partial charge in [0.1, 0.15) is 0 Å². The standard InChI is InChI=1S/C26H26N2O6S/c1-6-34-25(31)21-15(3)27-26-28(22(21)17-9-7-14(2)8-10-17)24(30)20(35-26)13-16-11-18(32-4)23(29)19(12-16)33-5/h7-13,22,29H,6H2,1-5H3/b20-13+/t22-/m1/s1. The number of phenols is 1. The number of esters is 1. The van der Waals surface area contributed by atoms with Crippen LogP contribution in [0.1, 0.15) is 36.6 Å². The molecule has 4 rings (SSSR count). The molecule has 0 aliphatic carbocycles. The smallest absolute Gasteiger partial charge is 0.338 e. The molecule has 2 heterocycles. The van der Waals surface area contributed by atoms with Crippen LogP contribution in [0.3, 0.4) is 0 Å². The van der Waals surface area contributed by atoms with Crippen molar-refractivity contribution in [2.45, 2.75) is 26.8 Å². The number of aromatic nitrogens is 1. The summed E-state index contributed by atoms with van der Waals surface area (Å²) in [7, 11) is 2.88. The number of carbonyl (C=O) groups is 1. The van der Waals surface area contributed by atoms with Crippen molar-refractivity contribution in [3.63, 3.8) is 0 Å². The summed E-state index contributed by atoms with van der Waals surface area (Å²) in [6.07, 6.45) is 1.68. The highest BCUT2D eigenvalue weighted by Crippen LogP contribution is 2.37. The topological polar surface area (TPSA) is 99.4 Å². The summed E-state index contributed by atoms with van der Waals surface area (Å²) < 4.78 is 17.7. The molecular formula is C26H26N2O6S. The number of benzene rings is 2. The quantitative estimate of drug-likeness (QED) is 0.529. The van der Waals surface area contributed by atoms with Gasteiger partial charge in [0.2, 0.25) is 5.75 Å². The largest absolute Gasteiger partial charge is 0.502 e. The average molecular weight is 495 g/mol. The van der Waals surface area contributed by atoms with Crippen LogP contribution >= 0.6 is 11.3 Å². The van der Waals surface area contributed by atoms with Crippen LogP contribution in [-0.2, 0) is 9.53 Å². The first kappa shape index (κ1) is 24.3. The number of thiazole rings is 1. The second-order valence-corrected chi connectivity index (χ2v) is 9.00. The highest BCUT2D eigenvalue weighted by molar-refractivity contribution is 7.07. The van der Waals surface area contributed by atoms with Gasteiger partial charge >= 0.3 is 5.97 Å². The minimum atomic E-state index is -0.669. The van der Waals surface area contributed by atoms with Crippen molar-refractivity contribution in [3.05, 3.63) is 84.0 Å². The van der Waals surface area contributed by atoms with Crippen LogP contribution in [-0.4, -0.2) is 36.5 Å². The molecule has 35 heavy (non-hydrogen) atoms. The zero-order chi connectivity index (χ0) is 25.3. The Morgan fingerprint density at radius 2 is 1.77 bits per heavy atom. The van der Waals surface area contributed by atoms with Gasteiger partial charge in [0.05, 0.1) is 42.7 Å². The van der Waals surface area contributed by atoms with E-state index in [2.05, 4.69) is 4.99 Å². The van der Waals surface area contributed by atoms with Crippen LogP contribution in [0.4, 0.5) is 0 Å². The Hall–Kier alpha value is -3.85. The third-order valence-corrected chi connectivity index (χ3v) is 6.69. The summed E-state index contributed by atoms with van der Waals surface area (Å²) in [4.78, 5) is 31.7. The predicted molar refractivity (Wildman–Crippen MR) is 133 cm³/mol. The van der Waals surface area contributed by atoms with Gasteiger partial charge in [0.25, 0.3) is 5.56 Å². The maximum Gasteiger partial charge on any atom is 0.338 e. The van der Waals surface area contributed by atoms with E-state index in [9.17, 15) is 14.7 Å². The van der Waals surface area contributed by atoms with Crippen molar-refractivity contribution in [2.75, 3.05) is 20.8 Å². The summed E-state index contributed by atoms with van der Waals surface area (Å²) in [5.41, 5.74) is 3.01. The second-order valence-electron chi connectivity index (χ2n) is 7.99. The van der Waals surface area contributed by atoms with E-state index in [-0.39, 0.29) is 29.4 Å². The van der Waals surface area contributed by atoms with E-state index < -0.39 is 12.0 Å². The fraction of sp³-hybridized carbons (Fsp3) is 0.269.